The normalized spacial score (nSPS) is 29.9. The monoisotopic (exact) mass is 280 g/mol. The Bertz CT molecular complexity index is 449. The first-order valence-corrected chi connectivity index (χ1v) is 7.40. The van der Waals surface area contributed by atoms with Crippen molar-refractivity contribution >= 4 is 23.5 Å². The maximum Gasteiger partial charge on any atom is 0.240 e. The Balaban J connectivity index is 3.21. The second kappa shape index (κ2) is 5.95. The molecule has 1 aliphatic heterocycles. The molecule has 2 atom stereocenters. The summed E-state index contributed by atoms with van der Waals surface area (Å²) in [6.07, 6.45) is 2.06. The molecule has 0 aromatic heterocycles. The standard InChI is InChI=1S/C15H24N2OS/c1-8-9(2)10(3)12-11(4)13(16-7)17-14(18)15(5,6)19-12/h8,11-12H,3H2,1-2,4-7H3,(H,16,17,18). The lowest BCUT2D eigenvalue weighted by Crippen LogP contribution is -2.41. The molecule has 1 saturated heterocycles. The van der Waals surface area contributed by atoms with Gasteiger partial charge in [-0.05, 0) is 33.3 Å². The van der Waals surface area contributed by atoms with Crippen LogP contribution in [0.4, 0.5) is 0 Å². The molecule has 4 heteroatoms. The van der Waals surface area contributed by atoms with E-state index in [-0.39, 0.29) is 17.1 Å². The number of amidine groups is 1. The minimum absolute atomic E-state index is 0.0124. The number of nitrogens with one attached hydrogen (secondary N) is 1. The number of rotatable bonds is 2. The van der Waals surface area contributed by atoms with Gasteiger partial charge >= 0.3 is 0 Å². The van der Waals surface area contributed by atoms with Crippen LogP contribution < -0.4 is 5.32 Å². The molecule has 3 nitrogen and oxygen atoms in total. The molecular weight excluding hydrogens is 256 g/mol. The fourth-order valence-corrected chi connectivity index (χ4v) is 3.49. The van der Waals surface area contributed by atoms with Crippen molar-refractivity contribution in [2.45, 2.75) is 44.6 Å². The Kier molecular flexibility index (Phi) is 5.02. The van der Waals surface area contributed by atoms with Crippen molar-refractivity contribution in [2.75, 3.05) is 7.05 Å². The van der Waals surface area contributed by atoms with Crippen LogP contribution in [0.2, 0.25) is 0 Å². The average Bonchev–Trinajstić information content (AvgIpc) is 2.46. The zero-order valence-electron chi connectivity index (χ0n) is 12.7. The third-order valence-electron chi connectivity index (χ3n) is 3.62. The summed E-state index contributed by atoms with van der Waals surface area (Å²) >= 11 is 1.66. The molecule has 2 unspecified atom stereocenters. The summed E-state index contributed by atoms with van der Waals surface area (Å²) in [5, 5.41) is 3.10. The van der Waals surface area contributed by atoms with Crippen molar-refractivity contribution in [2.24, 2.45) is 10.9 Å². The summed E-state index contributed by atoms with van der Waals surface area (Å²) in [6, 6.07) is 0. The first-order chi connectivity index (χ1) is 8.74. The van der Waals surface area contributed by atoms with E-state index in [0.29, 0.717) is 0 Å². The van der Waals surface area contributed by atoms with E-state index in [1.54, 1.807) is 18.8 Å². The van der Waals surface area contributed by atoms with Gasteiger partial charge in [-0.2, -0.15) is 0 Å². The molecule has 0 radical (unpaired) electrons. The van der Waals surface area contributed by atoms with Crippen LogP contribution in [0.15, 0.2) is 28.8 Å². The SMILES string of the molecule is C=C(C(C)=CC)C1SC(C)(C)C(=O)NC(=NC)C1C. The van der Waals surface area contributed by atoms with Gasteiger partial charge in [-0.3, -0.25) is 9.79 Å². The molecular formula is C15H24N2OS. The van der Waals surface area contributed by atoms with E-state index >= 15 is 0 Å². The fourth-order valence-electron chi connectivity index (χ4n) is 2.04. The van der Waals surface area contributed by atoms with Crippen molar-refractivity contribution in [1.82, 2.24) is 5.32 Å². The Hall–Kier alpha value is -1.03. The molecule has 0 saturated carbocycles. The molecule has 106 valence electrons. The molecule has 0 aliphatic carbocycles. The quantitative estimate of drug-likeness (QED) is 0.789. The molecule has 19 heavy (non-hydrogen) atoms. The highest BCUT2D eigenvalue weighted by molar-refractivity contribution is 8.02. The molecule has 1 N–H and O–H groups in total. The zero-order valence-corrected chi connectivity index (χ0v) is 13.5. The van der Waals surface area contributed by atoms with Crippen LogP contribution >= 0.6 is 11.8 Å². The maximum atomic E-state index is 12.2. The van der Waals surface area contributed by atoms with E-state index in [1.165, 1.54) is 5.57 Å². The predicted octanol–water partition coefficient (Wildman–Crippen LogP) is 3.18. The number of amides is 1. The molecule has 1 aliphatic rings. The zero-order chi connectivity index (χ0) is 14.8. The van der Waals surface area contributed by atoms with Gasteiger partial charge in [-0.15, -0.1) is 11.8 Å². The third kappa shape index (κ3) is 3.30. The van der Waals surface area contributed by atoms with Crippen molar-refractivity contribution in [3.63, 3.8) is 0 Å². The van der Waals surface area contributed by atoms with E-state index in [0.717, 1.165) is 11.4 Å². The van der Waals surface area contributed by atoms with Crippen LogP contribution in [0, 0.1) is 5.92 Å². The minimum Gasteiger partial charge on any atom is -0.313 e. The van der Waals surface area contributed by atoms with Gasteiger partial charge in [0.25, 0.3) is 0 Å². The second-order valence-corrected chi connectivity index (χ2v) is 7.16. The summed E-state index contributed by atoms with van der Waals surface area (Å²) in [7, 11) is 1.72. The van der Waals surface area contributed by atoms with Crippen LogP contribution in [0.1, 0.15) is 34.6 Å². The summed E-state index contributed by atoms with van der Waals surface area (Å²) in [4.78, 5) is 16.4. The molecule has 1 fully saturated rings. The van der Waals surface area contributed by atoms with E-state index < -0.39 is 4.75 Å². The maximum absolute atomic E-state index is 12.2. The Labute approximate surface area is 120 Å². The van der Waals surface area contributed by atoms with Crippen molar-refractivity contribution < 1.29 is 4.79 Å². The van der Waals surface area contributed by atoms with Crippen LogP contribution in [-0.2, 0) is 4.79 Å². The van der Waals surface area contributed by atoms with Crippen molar-refractivity contribution in [1.29, 1.82) is 0 Å². The summed E-state index contributed by atoms with van der Waals surface area (Å²) in [5.74, 6) is 0.902. The van der Waals surface area contributed by atoms with Crippen molar-refractivity contribution in [3.8, 4) is 0 Å². The highest BCUT2D eigenvalue weighted by Gasteiger charge is 2.40. The Morgan fingerprint density at radius 2 is 2.11 bits per heavy atom. The van der Waals surface area contributed by atoms with Crippen LogP contribution in [-0.4, -0.2) is 28.8 Å². The lowest BCUT2D eigenvalue weighted by Gasteiger charge is -2.28. The van der Waals surface area contributed by atoms with Gasteiger partial charge < -0.3 is 5.32 Å². The summed E-state index contributed by atoms with van der Waals surface area (Å²) in [5.41, 5.74) is 2.25. The summed E-state index contributed by atoms with van der Waals surface area (Å²) in [6.45, 7) is 14.3. The smallest absolute Gasteiger partial charge is 0.240 e. The Morgan fingerprint density at radius 1 is 1.53 bits per heavy atom. The fraction of sp³-hybridized carbons (Fsp3) is 0.600. The van der Waals surface area contributed by atoms with Gasteiger partial charge in [-0.1, -0.05) is 25.2 Å². The highest BCUT2D eigenvalue weighted by Crippen LogP contribution is 2.40. The van der Waals surface area contributed by atoms with Crippen LogP contribution in [0.25, 0.3) is 0 Å². The number of nitrogens with zero attached hydrogens (tertiary/aromatic N) is 1. The van der Waals surface area contributed by atoms with Gasteiger partial charge in [0.05, 0.1) is 4.75 Å². The number of hydrogen-bond acceptors (Lipinski definition) is 3. The van der Waals surface area contributed by atoms with Crippen LogP contribution in [0.5, 0.6) is 0 Å². The molecule has 0 bridgehead atoms. The van der Waals surface area contributed by atoms with E-state index in [1.807, 2.05) is 20.8 Å². The number of aliphatic imine (C=N–C) groups is 1. The minimum atomic E-state index is -0.484. The molecule has 0 aromatic rings. The molecule has 1 rings (SSSR count). The van der Waals surface area contributed by atoms with Gasteiger partial charge in [-0.25, -0.2) is 0 Å². The largest absolute Gasteiger partial charge is 0.313 e. The summed E-state index contributed by atoms with van der Waals surface area (Å²) < 4.78 is -0.484. The lowest BCUT2D eigenvalue weighted by atomic mass is 9.95. The predicted molar refractivity (Wildman–Crippen MR) is 84.7 cm³/mol. The highest BCUT2D eigenvalue weighted by atomic mass is 32.2. The van der Waals surface area contributed by atoms with E-state index in [4.69, 9.17) is 0 Å². The number of thioether (sulfide) groups is 1. The Morgan fingerprint density at radius 3 is 2.58 bits per heavy atom. The molecule has 0 spiro atoms. The van der Waals surface area contributed by atoms with Gasteiger partial charge in [0.1, 0.15) is 5.84 Å². The van der Waals surface area contributed by atoms with E-state index in [2.05, 4.69) is 36.8 Å². The third-order valence-corrected chi connectivity index (χ3v) is 5.34. The van der Waals surface area contributed by atoms with E-state index in [9.17, 15) is 4.79 Å². The first-order valence-electron chi connectivity index (χ1n) is 6.52. The van der Waals surface area contributed by atoms with Gasteiger partial charge in [0.15, 0.2) is 0 Å². The first kappa shape index (κ1) is 16.0. The number of allylic oxidation sites excluding steroid dienone is 2. The molecule has 0 aromatic carbocycles. The van der Waals surface area contributed by atoms with Gasteiger partial charge in [0.2, 0.25) is 5.91 Å². The lowest BCUT2D eigenvalue weighted by molar-refractivity contribution is -0.121. The average molecular weight is 280 g/mol. The molecule has 1 amide bonds. The number of carbonyl (C=O) groups excluding carboxylic acids is 1. The number of hydrogen-bond donors (Lipinski definition) is 1. The molecule has 1 heterocycles. The topological polar surface area (TPSA) is 41.5 Å². The van der Waals surface area contributed by atoms with Gasteiger partial charge in [0, 0.05) is 18.2 Å². The van der Waals surface area contributed by atoms with Crippen molar-refractivity contribution in [3.05, 3.63) is 23.8 Å². The van der Waals surface area contributed by atoms with Crippen LogP contribution in [0.3, 0.4) is 0 Å². The number of carbonyl (C=O) groups is 1. The second-order valence-electron chi connectivity index (χ2n) is 5.40.